The first-order valence-corrected chi connectivity index (χ1v) is 16.1. The summed E-state index contributed by atoms with van der Waals surface area (Å²) in [5.74, 6) is 0. The predicted octanol–water partition coefficient (Wildman–Crippen LogP) is 10.6. The molecule has 1 N–H and O–H groups in total. The van der Waals surface area contributed by atoms with Crippen molar-refractivity contribution in [1.82, 2.24) is 0 Å². The lowest BCUT2D eigenvalue weighted by Gasteiger charge is -2.04. The topological polar surface area (TPSA) is 49.7 Å². The molecule has 0 aliphatic carbocycles. The van der Waals surface area contributed by atoms with Crippen LogP contribution in [-0.4, -0.2) is 24.3 Å². The fourth-order valence-electron chi connectivity index (χ4n) is 5.12. The van der Waals surface area contributed by atoms with E-state index in [9.17, 15) is 4.79 Å². The fraction of sp³-hybridized carbons (Fsp3) is 0.969. The van der Waals surface area contributed by atoms with E-state index in [2.05, 4.69) is 4.99 Å². The van der Waals surface area contributed by atoms with Gasteiger partial charge in [0.15, 0.2) is 0 Å². The number of hydrogen-bond acceptors (Lipinski definition) is 3. The van der Waals surface area contributed by atoms with Crippen LogP contribution in [0.3, 0.4) is 0 Å². The Labute approximate surface area is 220 Å². The van der Waals surface area contributed by atoms with Gasteiger partial charge in [0.05, 0.1) is 6.54 Å². The average Bonchev–Trinajstić information content (AvgIpc) is 2.87. The molecule has 0 saturated carbocycles. The molecular weight excluding hydrogens is 430 g/mol. The number of carbonyl (C=O) groups excluding carboxylic acids is 1. The third kappa shape index (κ3) is 33.3. The summed E-state index contributed by atoms with van der Waals surface area (Å²) in [5, 5.41) is 8.77. The summed E-state index contributed by atoms with van der Waals surface area (Å²) in [7, 11) is 0. The predicted molar refractivity (Wildman–Crippen MR) is 154 cm³/mol. The zero-order chi connectivity index (χ0) is 25.3. The Morgan fingerprint density at radius 3 is 0.743 bits per heavy atom. The highest BCUT2D eigenvalue weighted by Gasteiger charge is 1.97. The zero-order valence-corrected chi connectivity index (χ0v) is 23.7. The highest BCUT2D eigenvalue weighted by Crippen LogP contribution is 2.16. The molecule has 3 heteroatoms. The van der Waals surface area contributed by atoms with Gasteiger partial charge in [-0.2, -0.15) is 0 Å². The van der Waals surface area contributed by atoms with Crippen molar-refractivity contribution in [2.45, 2.75) is 186 Å². The minimum Gasteiger partial charge on any atom is -0.396 e. The first-order chi connectivity index (χ1) is 17.4. The van der Waals surface area contributed by atoms with Crippen LogP contribution >= 0.6 is 0 Å². The van der Waals surface area contributed by atoms with E-state index >= 15 is 0 Å². The number of nitrogens with zero attached hydrogens (tertiary/aromatic N) is 1. The summed E-state index contributed by atoms with van der Waals surface area (Å²) in [6.45, 7) is 1.03. The molecule has 208 valence electrons. The molecule has 0 saturated heterocycles. The monoisotopic (exact) mass is 493 g/mol. The van der Waals surface area contributed by atoms with Gasteiger partial charge in [-0.25, -0.2) is 9.79 Å². The van der Waals surface area contributed by atoms with Crippen LogP contribution < -0.4 is 0 Å². The molecule has 0 aliphatic heterocycles. The van der Waals surface area contributed by atoms with Gasteiger partial charge in [0, 0.05) is 6.61 Å². The molecule has 0 unspecified atom stereocenters. The molecule has 0 aromatic heterocycles. The van der Waals surface area contributed by atoms with Crippen molar-refractivity contribution in [3.63, 3.8) is 0 Å². The lowest BCUT2D eigenvalue weighted by Crippen LogP contribution is -1.85. The largest absolute Gasteiger partial charge is 0.396 e. The van der Waals surface area contributed by atoms with Gasteiger partial charge in [-0.3, -0.25) is 0 Å². The summed E-state index contributed by atoms with van der Waals surface area (Å²) in [5.41, 5.74) is 0. The molecule has 0 aliphatic rings. The lowest BCUT2D eigenvalue weighted by atomic mass is 10.0. The third-order valence-corrected chi connectivity index (χ3v) is 7.49. The second-order valence-electron chi connectivity index (χ2n) is 10.9. The maximum atomic E-state index is 9.97. The SMILES string of the molecule is O=C=NCCCCCCCCCCCCCCCCCCCCCCCCCCCCCCCO. The fourth-order valence-corrected chi connectivity index (χ4v) is 5.12. The van der Waals surface area contributed by atoms with Crippen LogP contribution in [0.2, 0.25) is 0 Å². The molecule has 0 rings (SSSR count). The molecule has 0 atom stereocenters. The van der Waals surface area contributed by atoms with E-state index in [1.807, 2.05) is 0 Å². The molecule has 0 amide bonds. The standard InChI is InChI=1S/C32H63NO2/c34-31-29-27-25-23-21-19-17-15-13-11-9-7-5-3-1-2-4-6-8-10-12-14-16-18-20-22-24-26-28-30-33-32-35/h34H,1-31H2. The molecule has 0 aromatic rings. The molecule has 0 radical (unpaired) electrons. The number of isocyanates is 1. The molecule has 3 nitrogen and oxygen atoms in total. The third-order valence-electron chi connectivity index (χ3n) is 7.49. The number of aliphatic hydroxyl groups is 1. The van der Waals surface area contributed by atoms with Gasteiger partial charge in [0.2, 0.25) is 6.08 Å². The van der Waals surface area contributed by atoms with E-state index in [4.69, 9.17) is 5.11 Å². The summed E-state index contributed by atoms with van der Waals surface area (Å²) >= 11 is 0. The minimum atomic E-state index is 0.368. The minimum absolute atomic E-state index is 0.368. The second kappa shape index (κ2) is 33.3. The van der Waals surface area contributed by atoms with Crippen LogP contribution in [0, 0.1) is 0 Å². The highest BCUT2D eigenvalue weighted by molar-refractivity contribution is 5.32. The number of hydrogen-bond donors (Lipinski definition) is 1. The van der Waals surface area contributed by atoms with Crippen molar-refractivity contribution in [2.24, 2.45) is 4.99 Å². The van der Waals surface area contributed by atoms with Crippen molar-refractivity contribution in [2.75, 3.05) is 13.2 Å². The van der Waals surface area contributed by atoms with Gasteiger partial charge >= 0.3 is 0 Å². The number of aliphatic hydroxyl groups excluding tert-OH is 1. The van der Waals surface area contributed by atoms with Gasteiger partial charge in [-0.15, -0.1) is 0 Å². The Morgan fingerprint density at radius 1 is 0.343 bits per heavy atom. The van der Waals surface area contributed by atoms with Crippen LogP contribution in [-0.2, 0) is 4.79 Å². The van der Waals surface area contributed by atoms with Gasteiger partial charge < -0.3 is 5.11 Å². The quantitative estimate of drug-likeness (QED) is 0.0593. The smallest absolute Gasteiger partial charge is 0.234 e. The molecule has 0 fully saturated rings. The van der Waals surface area contributed by atoms with E-state index in [0.717, 1.165) is 12.8 Å². The second-order valence-corrected chi connectivity index (χ2v) is 10.9. The van der Waals surface area contributed by atoms with E-state index in [-0.39, 0.29) is 0 Å². The van der Waals surface area contributed by atoms with E-state index < -0.39 is 0 Å². The Kier molecular flexibility index (Phi) is 32.7. The van der Waals surface area contributed by atoms with Gasteiger partial charge in [-0.05, 0) is 12.8 Å². The van der Waals surface area contributed by atoms with Crippen molar-refractivity contribution in [3.05, 3.63) is 0 Å². The van der Waals surface area contributed by atoms with Crippen LogP contribution in [0.15, 0.2) is 4.99 Å². The first kappa shape index (κ1) is 34.3. The van der Waals surface area contributed by atoms with E-state index in [1.165, 1.54) is 173 Å². The van der Waals surface area contributed by atoms with Gasteiger partial charge in [-0.1, -0.05) is 173 Å². The first-order valence-electron chi connectivity index (χ1n) is 16.1. The van der Waals surface area contributed by atoms with Crippen LogP contribution in [0.1, 0.15) is 186 Å². The summed E-state index contributed by atoms with van der Waals surface area (Å²) in [6, 6.07) is 0. The van der Waals surface area contributed by atoms with Gasteiger partial charge in [0.25, 0.3) is 0 Å². The van der Waals surface area contributed by atoms with Crippen molar-refractivity contribution in [3.8, 4) is 0 Å². The summed E-state index contributed by atoms with van der Waals surface area (Å²) in [6.07, 6.45) is 41.6. The summed E-state index contributed by atoms with van der Waals surface area (Å²) < 4.78 is 0. The molecule has 0 heterocycles. The average molecular weight is 494 g/mol. The van der Waals surface area contributed by atoms with E-state index in [1.54, 1.807) is 6.08 Å². The molecule has 0 aromatic carbocycles. The van der Waals surface area contributed by atoms with Gasteiger partial charge in [0.1, 0.15) is 0 Å². The Bertz CT molecular complexity index is 420. The number of rotatable bonds is 31. The highest BCUT2D eigenvalue weighted by atomic mass is 16.2. The molecule has 0 spiro atoms. The maximum Gasteiger partial charge on any atom is 0.234 e. The Balaban J connectivity index is 3.01. The summed E-state index contributed by atoms with van der Waals surface area (Å²) in [4.78, 5) is 13.6. The van der Waals surface area contributed by atoms with Crippen molar-refractivity contribution in [1.29, 1.82) is 0 Å². The van der Waals surface area contributed by atoms with Crippen LogP contribution in [0.4, 0.5) is 0 Å². The zero-order valence-electron chi connectivity index (χ0n) is 23.7. The maximum absolute atomic E-state index is 9.97. The van der Waals surface area contributed by atoms with Crippen LogP contribution in [0.5, 0.6) is 0 Å². The lowest BCUT2D eigenvalue weighted by molar-refractivity contribution is 0.282. The van der Waals surface area contributed by atoms with E-state index in [0.29, 0.717) is 13.2 Å². The van der Waals surface area contributed by atoms with Crippen LogP contribution in [0.25, 0.3) is 0 Å². The Morgan fingerprint density at radius 2 is 0.543 bits per heavy atom. The molecule has 35 heavy (non-hydrogen) atoms. The van der Waals surface area contributed by atoms with Crippen molar-refractivity contribution < 1.29 is 9.90 Å². The number of unbranched alkanes of at least 4 members (excludes halogenated alkanes) is 28. The normalized spacial score (nSPS) is 11.1. The number of aliphatic imine (C=N–C) groups is 1. The molecular formula is C32H63NO2. The van der Waals surface area contributed by atoms with Crippen molar-refractivity contribution >= 4 is 6.08 Å². The Hall–Kier alpha value is -0.660. The molecule has 0 bridgehead atoms.